The Morgan fingerprint density at radius 3 is 2.05 bits per heavy atom. The summed E-state index contributed by atoms with van der Waals surface area (Å²) in [5.41, 5.74) is 0.664. The Morgan fingerprint density at radius 1 is 0.929 bits per heavy atom. The maximum Gasteiger partial charge on any atom is 0.264 e. The van der Waals surface area contributed by atoms with Crippen molar-refractivity contribution in [2.75, 3.05) is 24.5 Å². The molecule has 0 saturated heterocycles. The summed E-state index contributed by atoms with van der Waals surface area (Å²) in [5.74, 6) is -0.323. The Morgan fingerprint density at radius 2 is 1.52 bits per heavy atom. The van der Waals surface area contributed by atoms with Gasteiger partial charge in [0.1, 0.15) is 18.3 Å². The van der Waals surface area contributed by atoms with Gasteiger partial charge < -0.3 is 15.0 Å². The van der Waals surface area contributed by atoms with Crippen LogP contribution in [0.3, 0.4) is 0 Å². The monoisotopic (exact) mass is 653 g/mol. The van der Waals surface area contributed by atoms with E-state index in [1.165, 1.54) is 60.5 Å². The quantitative estimate of drug-likeness (QED) is 0.229. The number of carbonyl (C=O) groups excluding carboxylic acids is 2. The van der Waals surface area contributed by atoms with Crippen LogP contribution < -0.4 is 14.4 Å². The highest BCUT2D eigenvalue weighted by atomic mass is 35.5. The zero-order valence-corrected chi connectivity index (χ0v) is 26.9. The van der Waals surface area contributed by atoms with E-state index in [0.717, 1.165) is 4.31 Å². The highest BCUT2D eigenvalue weighted by Crippen LogP contribution is 2.29. The predicted molar refractivity (Wildman–Crippen MR) is 168 cm³/mol. The van der Waals surface area contributed by atoms with E-state index in [1.807, 2.05) is 13.8 Å². The molecule has 3 rings (SSSR count). The summed E-state index contributed by atoms with van der Waals surface area (Å²) in [4.78, 5) is 28.8. The molecule has 0 aliphatic heterocycles. The molecule has 12 heteroatoms. The second-order valence-electron chi connectivity index (χ2n) is 9.95. The van der Waals surface area contributed by atoms with Crippen LogP contribution in [-0.2, 0) is 26.2 Å². The van der Waals surface area contributed by atoms with E-state index < -0.39 is 28.5 Å². The van der Waals surface area contributed by atoms with E-state index in [0.29, 0.717) is 32.9 Å². The molecule has 0 bridgehead atoms. The highest BCUT2D eigenvalue weighted by Gasteiger charge is 2.34. The van der Waals surface area contributed by atoms with E-state index in [-0.39, 0.29) is 35.4 Å². The molecule has 1 unspecified atom stereocenters. The van der Waals surface area contributed by atoms with E-state index >= 15 is 0 Å². The molecule has 3 aromatic rings. The molecule has 0 saturated carbocycles. The number of hydrogen-bond acceptors (Lipinski definition) is 5. The molecule has 0 aliphatic carbocycles. The fourth-order valence-electron chi connectivity index (χ4n) is 4.21. The predicted octanol–water partition coefficient (Wildman–Crippen LogP) is 6.43. The average Bonchev–Trinajstić information content (AvgIpc) is 2.96. The molecule has 1 N–H and O–H groups in total. The minimum absolute atomic E-state index is 0.0477. The van der Waals surface area contributed by atoms with Crippen molar-refractivity contribution in [1.82, 2.24) is 10.2 Å². The number of anilines is 1. The van der Waals surface area contributed by atoms with Gasteiger partial charge in [-0.25, -0.2) is 8.42 Å². The number of hydrogen-bond donors (Lipinski definition) is 1. The topological polar surface area (TPSA) is 96.0 Å². The number of nitrogens with zero attached hydrogens (tertiary/aromatic N) is 2. The van der Waals surface area contributed by atoms with Crippen LogP contribution in [0, 0.1) is 5.92 Å². The van der Waals surface area contributed by atoms with Crippen molar-refractivity contribution >= 4 is 62.3 Å². The third kappa shape index (κ3) is 8.31. The number of nitrogens with one attached hydrogen (secondary N) is 1. The maximum absolute atomic E-state index is 14.1. The van der Waals surface area contributed by atoms with Crippen LogP contribution in [0.15, 0.2) is 71.6 Å². The average molecular weight is 655 g/mol. The first-order chi connectivity index (χ1) is 19.9. The molecule has 0 spiro atoms. The normalized spacial score (nSPS) is 12.1. The lowest BCUT2D eigenvalue weighted by Crippen LogP contribution is -2.52. The Labute approximate surface area is 262 Å². The number of ether oxygens (including phenoxy) is 1. The molecule has 2 amide bonds. The molecule has 8 nitrogen and oxygen atoms in total. The molecular weight excluding hydrogens is 621 g/mol. The van der Waals surface area contributed by atoms with Gasteiger partial charge in [-0.05, 0) is 73.0 Å². The summed E-state index contributed by atoms with van der Waals surface area (Å²) >= 11 is 19.0. The van der Waals surface area contributed by atoms with Crippen LogP contribution in [0.2, 0.25) is 15.1 Å². The smallest absolute Gasteiger partial charge is 0.264 e. The number of methoxy groups -OCH3 is 1. The summed E-state index contributed by atoms with van der Waals surface area (Å²) < 4.78 is 34.1. The van der Waals surface area contributed by atoms with Gasteiger partial charge in [0, 0.05) is 33.7 Å². The summed E-state index contributed by atoms with van der Waals surface area (Å²) in [6.45, 7) is 5.39. The zero-order chi connectivity index (χ0) is 31.0. The highest BCUT2D eigenvalue weighted by molar-refractivity contribution is 7.92. The zero-order valence-electron chi connectivity index (χ0n) is 23.8. The minimum Gasteiger partial charge on any atom is -0.497 e. The summed E-state index contributed by atoms with van der Waals surface area (Å²) in [6.07, 6.45) is 0.268. The van der Waals surface area contributed by atoms with Crippen molar-refractivity contribution in [1.29, 1.82) is 0 Å². The van der Waals surface area contributed by atoms with Gasteiger partial charge in [-0.2, -0.15) is 0 Å². The second kappa shape index (κ2) is 15.0. The molecule has 226 valence electrons. The molecule has 0 aromatic heterocycles. The van der Waals surface area contributed by atoms with E-state index in [1.54, 1.807) is 25.1 Å². The van der Waals surface area contributed by atoms with Crippen molar-refractivity contribution in [3.63, 3.8) is 0 Å². The van der Waals surface area contributed by atoms with Gasteiger partial charge in [0.05, 0.1) is 17.7 Å². The van der Waals surface area contributed by atoms with Crippen molar-refractivity contribution in [3.8, 4) is 5.75 Å². The van der Waals surface area contributed by atoms with Crippen LogP contribution in [-0.4, -0.2) is 51.4 Å². The Balaban J connectivity index is 2.08. The van der Waals surface area contributed by atoms with E-state index in [2.05, 4.69) is 5.32 Å². The molecule has 42 heavy (non-hydrogen) atoms. The molecule has 1 atom stereocenters. The largest absolute Gasteiger partial charge is 0.497 e. The SMILES string of the molecule is CCC(C(=O)NCC(C)C)N(Cc1c(Cl)cccc1Cl)C(=O)CN(c1ccc(Cl)cc1)S(=O)(=O)c1ccc(OC)cc1. The van der Waals surface area contributed by atoms with Gasteiger partial charge in [0.15, 0.2) is 0 Å². The first kappa shape index (κ1) is 33.5. The van der Waals surface area contributed by atoms with Gasteiger partial charge in [0.2, 0.25) is 11.8 Å². The number of rotatable bonds is 13. The van der Waals surface area contributed by atoms with Crippen molar-refractivity contribution < 1.29 is 22.7 Å². The maximum atomic E-state index is 14.1. The van der Waals surface area contributed by atoms with E-state index in [9.17, 15) is 18.0 Å². The van der Waals surface area contributed by atoms with Crippen LogP contribution in [0.1, 0.15) is 32.8 Å². The van der Waals surface area contributed by atoms with Crippen molar-refractivity contribution in [2.24, 2.45) is 5.92 Å². The lowest BCUT2D eigenvalue weighted by molar-refractivity contribution is -0.140. The second-order valence-corrected chi connectivity index (χ2v) is 13.1. The van der Waals surface area contributed by atoms with Gasteiger partial charge in [-0.1, -0.05) is 61.6 Å². The summed E-state index contributed by atoms with van der Waals surface area (Å²) in [6, 6.07) is 16.0. The molecule has 0 fully saturated rings. The van der Waals surface area contributed by atoms with Crippen LogP contribution in [0.4, 0.5) is 5.69 Å². The van der Waals surface area contributed by atoms with Gasteiger partial charge in [-0.15, -0.1) is 0 Å². The third-order valence-corrected chi connectivity index (χ3v) is 9.25. The molecule has 3 aromatic carbocycles. The molecule has 0 heterocycles. The molecule has 0 radical (unpaired) electrons. The summed E-state index contributed by atoms with van der Waals surface area (Å²) in [7, 11) is -2.77. The van der Waals surface area contributed by atoms with Crippen molar-refractivity contribution in [3.05, 3.63) is 87.4 Å². The molecule has 0 aliphatic rings. The minimum atomic E-state index is -4.25. The van der Waals surface area contributed by atoms with Crippen LogP contribution >= 0.6 is 34.8 Å². The molecular formula is C30H34Cl3N3O5S. The Hall–Kier alpha value is -2.98. The van der Waals surface area contributed by atoms with Crippen LogP contribution in [0.5, 0.6) is 5.75 Å². The van der Waals surface area contributed by atoms with Gasteiger partial charge >= 0.3 is 0 Å². The lowest BCUT2D eigenvalue weighted by atomic mass is 10.1. The number of sulfonamides is 1. The Kier molecular flexibility index (Phi) is 11.9. The first-order valence-electron chi connectivity index (χ1n) is 13.3. The number of halogens is 3. The first-order valence-corrected chi connectivity index (χ1v) is 15.9. The fraction of sp³-hybridized carbons (Fsp3) is 0.333. The van der Waals surface area contributed by atoms with Crippen LogP contribution in [0.25, 0.3) is 0 Å². The van der Waals surface area contributed by atoms with Crippen molar-refractivity contribution in [2.45, 2.75) is 44.7 Å². The number of carbonyl (C=O) groups is 2. The number of amides is 2. The fourth-order valence-corrected chi connectivity index (χ4v) is 6.26. The van der Waals surface area contributed by atoms with Gasteiger partial charge in [-0.3, -0.25) is 13.9 Å². The number of benzene rings is 3. The summed E-state index contributed by atoms with van der Waals surface area (Å²) in [5, 5.41) is 3.92. The third-order valence-electron chi connectivity index (χ3n) is 6.50. The Bertz CT molecular complexity index is 1460. The lowest BCUT2D eigenvalue weighted by Gasteiger charge is -2.33. The van der Waals surface area contributed by atoms with Gasteiger partial charge in [0.25, 0.3) is 10.0 Å². The standard InChI is InChI=1S/C30H34Cl3N3O5S/c1-5-28(30(38)34-17-20(2)3)35(18-25-26(32)7-6-8-27(25)33)29(37)19-36(22-11-9-21(31)10-12-22)42(39,40)24-15-13-23(41-4)14-16-24/h6-16,20,28H,5,17-19H2,1-4H3,(H,34,38). The van der Waals surface area contributed by atoms with E-state index in [4.69, 9.17) is 39.5 Å².